The van der Waals surface area contributed by atoms with Crippen molar-refractivity contribution in [2.75, 3.05) is 31.9 Å². The van der Waals surface area contributed by atoms with E-state index in [1.54, 1.807) is 6.92 Å². The fourth-order valence-corrected chi connectivity index (χ4v) is 3.49. The molecule has 0 bridgehead atoms. The molecule has 0 aromatic carbocycles. The summed E-state index contributed by atoms with van der Waals surface area (Å²) in [6.45, 7) is 2.43. The second kappa shape index (κ2) is 14.1. The van der Waals surface area contributed by atoms with E-state index in [9.17, 15) is 24.0 Å². The lowest BCUT2D eigenvalue weighted by Crippen LogP contribution is -2.41. The molecule has 0 aromatic rings. The molecule has 0 aromatic heterocycles. The molecule has 0 spiro atoms. The van der Waals surface area contributed by atoms with Crippen LogP contribution in [0.25, 0.3) is 0 Å². The zero-order valence-electron chi connectivity index (χ0n) is 17.7. The van der Waals surface area contributed by atoms with E-state index in [0.717, 1.165) is 29.9 Å². The number of carbonyl (C=O) groups excluding carboxylic acids is 5. The second-order valence-electron chi connectivity index (χ2n) is 7.60. The SMILES string of the molecule is CC1CC(=O)N(CCNC(=O)C[C@H](CC(=O)CCCCCS)C(=O)NCCN)C1=O. The second-order valence-corrected chi connectivity index (χ2v) is 8.04. The molecule has 30 heavy (non-hydrogen) atoms. The molecule has 2 atom stereocenters. The van der Waals surface area contributed by atoms with Crippen LogP contribution in [0.15, 0.2) is 0 Å². The molecule has 4 amide bonds. The van der Waals surface area contributed by atoms with Crippen LogP contribution in [-0.2, 0) is 24.0 Å². The van der Waals surface area contributed by atoms with E-state index in [4.69, 9.17) is 5.73 Å². The quantitative estimate of drug-likeness (QED) is 0.160. The molecule has 170 valence electrons. The zero-order valence-corrected chi connectivity index (χ0v) is 18.5. The van der Waals surface area contributed by atoms with Gasteiger partial charge in [0.1, 0.15) is 5.78 Å². The molecule has 1 fully saturated rings. The van der Waals surface area contributed by atoms with E-state index in [0.29, 0.717) is 6.42 Å². The van der Waals surface area contributed by atoms with Crippen LogP contribution in [-0.4, -0.2) is 66.2 Å². The Hall–Kier alpha value is -1.94. The van der Waals surface area contributed by atoms with Crippen LogP contribution in [0.3, 0.4) is 0 Å². The number of likely N-dealkylation sites (tertiary alicyclic amines) is 1. The van der Waals surface area contributed by atoms with E-state index in [-0.39, 0.29) is 74.9 Å². The van der Waals surface area contributed by atoms with Gasteiger partial charge in [-0.3, -0.25) is 28.9 Å². The van der Waals surface area contributed by atoms with Crippen LogP contribution < -0.4 is 16.4 Å². The number of Topliss-reactive ketones (excluding diaryl/α,β-unsaturated/α-hetero) is 1. The number of nitrogens with two attached hydrogens (primary N) is 1. The van der Waals surface area contributed by atoms with Crippen LogP contribution in [0.5, 0.6) is 0 Å². The monoisotopic (exact) mass is 442 g/mol. The van der Waals surface area contributed by atoms with Crippen molar-refractivity contribution in [3.63, 3.8) is 0 Å². The first-order chi connectivity index (χ1) is 14.3. The van der Waals surface area contributed by atoms with Gasteiger partial charge in [-0.05, 0) is 18.6 Å². The molecule has 1 unspecified atom stereocenters. The maximum atomic E-state index is 12.3. The molecule has 1 rings (SSSR count). The van der Waals surface area contributed by atoms with Gasteiger partial charge in [-0.25, -0.2) is 0 Å². The average Bonchev–Trinajstić information content (AvgIpc) is 2.94. The predicted molar refractivity (Wildman–Crippen MR) is 116 cm³/mol. The molecule has 0 radical (unpaired) electrons. The highest BCUT2D eigenvalue weighted by atomic mass is 32.1. The van der Waals surface area contributed by atoms with Crippen LogP contribution in [0, 0.1) is 11.8 Å². The molecule has 0 aliphatic carbocycles. The Kier molecular flexibility index (Phi) is 12.3. The summed E-state index contributed by atoms with van der Waals surface area (Å²) < 4.78 is 0. The Morgan fingerprint density at radius 3 is 2.47 bits per heavy atom. The summed E-state index contributed by atoms with van der Waals surface area (Å²) in [4.78, 5) is 61.7. The normalized spacial score (nSPS) is 17.2. The molecule has 0 saturated carbocycles. The van der Waals surface area contributed by atoms with Crippen molar-refractivity contribution >= 4 is 42.0 Å². The summed E-state index contributed by atoms with van der Waals surface area (Å²) in [5.41, 5.74) is 5.40. The maximum absolute atomic E-state index is 12.3. The number of unbranched alkanes of at least 4 members (excludes halogenated alkanes) is 2. The highest BCUT2D eigenvalue weighted by Gasteiger charge is 2.35. The number of rotatable bonds is 15. The third-order valence-electron chi connectivity index (χ3n) is 4.96. The molecule has 1 aliphatic heterocycles. The number of nitrogens with one attached hydrogen (secondary N) is 2. The number of carbonyl (C=O) groups is 5. The lowest BCUT2D eigenvalue weighted by atomic mass is 9.95. The predicted octanol–water partition coefficient (Wildman–Crippen LogP) is 0.0282. The van der Waals surface area contributed by atoms with Gasteiger partial charge in [-0.15, -0.1) is 0 Å². The summed E-state index contributed by atoms with van der Waals surface area (Å²) in [5, 5.41) is 5.26. The van der Waals surface area contributed by atoms with Crippen LogP contribution in [0.4, 0.5) is 0 Å². The van der Waals surface area contributed by atoms with Crippen molar-refractivity contribution in [1.82, 2.24) is 15.5 Å². The Labute approximate surface area is 183 Å². The van der Waals surface area contributed by atoms with Crippen molar-refractivity contribution < 1.29 is 24.0 Å². The molecule has 4 N–H and O–H groups in total. The van der Waals surface area contributed by atoms with Gasteiger partial charge in [0.05, 0.1) is 5.92 Å². The third-order valence-corrected chi connectivity index (χ3v) is 5.28. The van der Waals surface area contributed by atoms with E-state index < -0.39 is 11.8 Å². The van der Waals surface area contributed by atoms with Crippen molar-refractivity contribution in [3.8, 4) is 0 Å². The summed E-state index contributed by atoms with van der Waals surface area (Å²) in [6, 6.07) is 0. The first-order valence-electron chi connectivity index (χ1n) is 10.5. The highest BCUT2D eigenvalue weighted by Crippen LogP contribution is 2.18. The molecule has 9 nitrogen and oxygen atoms in total. The summed E-state index contributed by atoms with van der Waals surface area (Å²) in [6.07, 6.45) is 2.97. The Bertz CT molecular complexity index is 628. The van der Waals surface area contributed by atoms with Crippen LogP contribution >= 0.6 is 12.6 Å². The Morgan fingerprint density at radius 1 is 1.13 bits per heavy atom. The topological polar surface area (TPSA) is 139 Å². The largest absolute Gasteiger partial charge is 0.355 e. The van der Waals surface area contributed by atoms with Gasteiger partial charge in [0.15, 0.2) is 0 Å². The van der Waals surface area contributed by atoms with Crippen LogP contribution in [0.2, 0.25) is 0 Å². The molecule has 1 heterocycles. The van der Waals surface area contributed by atoms with Crippen molar-refractivity contribution in [1.29, 1.82) is 0 Å². The number of amides is 4. The van der Waals surface area contributed by atoms with E-state index >= 15 is 0 Å². The number of ketones is 1. The first-order valence-corrected chi connectivity index (χ1v) is 11.1. The van der Waals surface area contributed by atoms with Gasteiger partial charge in [0, 0.05) is 57.8 Å². The number of thiol groups is 1. The first kappa shape index (κ1) is 26.1. The number of hydrogen-bond acceptors (Lipinski definition) is 7. The minimum Gasteiger partial charge on any atom is -0.355 e. The molecule has 1 saturated heterocycles. The smallest absolute Gasteiger partial charge is 0.232 e. The Morgan fingerprint density at radius 2 is 1.87 bits per heavy atom. The summed E-state index contributed by atoms with van der Waals surface area (Å²) >= 11 is 4.14. The van der Waals surface area contributed by atoms with Crippen molar-refractivity contribution in [3.05, 3.63) is 0 Å². The van der Waals surface area contributed by atoms with Gasteiger partial charge >= 0.3 is 0 Å². The van der Waals surface area contributed by atoms with Gasteiger partial charge in [-0.1, -0.05) is 13.3 Å². The zero-order chi connectivity index (χ0) is 22.5. The van der Waals surface area contributed by atoms with Crippen molar-refractivity contribution in [2.45, 2.75) is 51.9 Å². The van der Waals surface area contributed by atoms with Gasteiger partial charge in [-0.2, -0.15) is 12.6 Å². The van der Waals surface area contributed by atoms with Crippen LogP contribution in [0.1, 0.15) is 51.9 Å². The number of hydrogen-bond donors (Lipinski definition) is 4. The fourth-order valence-electron chi connectivity index (χ4n) is 3.27. The van der Waals surface area contributed by atoms with Gasteiger partial charge in [0.25, 0.3) is 0 Å². The van der Waals surface area contributed by atoms with Gasteiger partial charge in [0.2, 0.25) is 23.6 Å². The fraction of sp³-hybridized carbons (Fsp3) is 0.750. The molecular formula is C20H34N4O5S. The average molecular weight is 443 g/mol. The third kappa shape index (κ3) is 9.25. The number of imide groups is 1. The lowest BCUT2D eigenvalue weighted by Gasteiger charge is -2.17. The minimum absolute atomic E-state index is 0.00862. The lowest BCUT2D eigenvalue weighted by molar-refractivity contribution is -0.139. The molecule has 10 heteroatoms. The van der Waals surface area contributed by atoms with E-state index in [2.05, 4.69) is 23.3 Å². The highest BCUT2D eigenvalue weighted by molar-refractivity contribution is 7.80. The minimum atomic E-state index is -0.774. The Balaban J connectivity index is 2.50. The number of nitrogens with zero attached hydrogens (tertiary/aromatic N) is 1. The van der Waals surface area contributed by atoms with Crippen molar-refractivity contribution in [2.24, 2.45) is 17.6 Å². The van der Waals surface area contributed by atoms with E-state index in [1.807, 2.05) is 0 Å². The summed E-state index contributed by atoms with van der Waals surface area (Å²) in [7, 11) is 0. The summed E-state index contributed by atoms with van der Waals surface area (Å²) in [5.74, 6) is -1.66. The molecule has 1 aliphatic rings. The van der Waals surface area contributed by atoms with E-state index in [1.165, 1.54) is 0 Å². The standard InChI is InChI=1S/C20H34N4O5S/c1-14-11-18(27)24(20(14)29)9-8-22-17(26)13-15(19(28)23-7-6-21)12-16(25)5-3-2-4-10-30/h14-15,30H,2-13,21H2,1H3,(H,22,26)(H,23,28)/t14?,15-/m0/s1. The molecular weight excluding hydrogens is 408 g/mol. The maximum Gasteiger partial charge on any atom is 0.232 e. The van der Waals surface area contributed by atoms with Gasteiger partial charge < -0.3 is 16.4 Å².